The highest BCUT2D eigenvalue weighted by Crippen LogP contribution is 2.43. The maximum atomic E-state index is 12.1. The van der Waals surface area contributed by atoms with Gasteiger partial charge in [0.05, 0.1) is 11.3 Å². The summed E-state index contributed by atoms with van der Waals surface area (Å²) in [6, 6.07) is 1.19. The Labute approximate surface area is 146 Å². The highest BCUT2D eigenvalue weighted by atomic mass is 32.2. The van der Waals surface area contributed by atoms with Gasteiger partial charge in [-0.2, -0.15) is 0 Å². The van der Waals surface area contributed by atoms with Crippen LogP contribution in [0.5, 0.6) is 0 Å². The monoisotopic (exact) mass is 391 g/mol. The molecule has 0 amide bonds. The van der Waals surface area contributed by atoms with Crippen LogP contribution in [0.1, 0.15) is 58.4 Å². The topological polar surface area (TPSA) is 158 Å². The number of hydrogen-bond acceptors (Lipinski definition) is 5. The van der Waals surface area contributed by atoms with Gasteiger partial charge in [-0.15, -0.1) is 0 Å². The summed E-state index contributed by atoms with van der Waals surface area (Å²) in [5.74, 6) is -3.29. The van der Waals surface area contributed by atoms with Gasteiger partial charge in [0.2, 0.25) is 0 Å². The van der Waals surface area contributed by atoms with E-state index in [2.05, 4.69) is 4.72 Å². The lowest BCUT2D eigenvalue weighted by Gasteiger charge is -2.15. The Morgan fingerprint density at radius 2 is 1.88 bits per heavy atom. The van der Waals surface area contributed by atoms with E-state index in [0.29, 0.717) is 19.3 Å². The van der Waals surface area contributed by atoms with Crippen LogP contribution < -0.4 is 4.72 Å². The van der Waals surface area contributed by atoms with Crippen LogP contribution in [-0.4, -0.2) is 45.1 Å². The predicted octanol–water partition coefficient (Wildman–Crippen LogP) is 1.69. The standard InChI is InChI=1S/C14H17NO8S2/c1-7(4-2-3-5-24(20)21)8-6-9(13(16)17)12-10(14(18)19)11(8)15-25(12,22)23/h6-7,15H,2-5H2,1H3,(H,16,17)(H,18,19)(H,20,21). The van der Waals surface area contributed by atoms with Crippen molar-refractivity contribution in [3.8, 4) is 0 Å². The van der Waals surface area contributed by atoms with Crippen molar-refractivity contribution >= 4 is 38.7 Å². The van der Waals surface area contributed by atoms with E-state index in [1.165, 1.54) is 6.07 Å². The molecule has 1 heterocycles. The Morgan fingerprint density at radius 1 is 1.24 bits per heavy atom. The number of benzene rings is 1. The molecule has 1 aromatic rings. The molecule has 2 bridgehead atoms. The van der Waals surface area contributed by atoms with E-state index < -0.39 is 49.1 Å². The van der Waals surface area contributed by atoms with Crippen molar-refractivity contribution in [2.24, 2.45) is 0 Å². The van der Waals surface area contributed by atoms with E-state index in [-0.39, 0.29) is 22.9 Å². The van der Waals surface area contributed by atoms with Gasteiger partial charge < -0.3 is 14.8 Å². The Bertz CT molecular complexity index is 862. The minimum Gasteiger partial charge on any atom is -0.478 e. The van der Waals surface area contributed by atoms with Crippen LogP contribution in [0.4, 0.5) is 5.69 Å². The third kappa shape index (κ3) is 3.83. The van der Waals surface area contributed by atoms with E-state index in [1.54, 1.807) is 6.92 Å². The number of carboxylic acids is 2. The fourth-order valence-electron chi connectivity index (χ4n) is 2.84. The van der Waals surface area contributed by atoms with E-state index in [4.69, 9.17) is 4.55 Å². The molecule has 2 unspecified atom stereocenters. The minimum atomic E-state index is -4.25. The molecule has 0 aliphatic carbocycles. The molecule has 2 rings (SSSR count). The normalized spacial score (nSPS) is 16.9. The Morgan fingerprint density at radius 3 is 2.40 bits per heavy atom. The van der Waals surface area contributed by atoms with Crippen molar-refractivity contribution in [2.45, 2.75) is 37.0 Å². The van der Waals surface area contributed by atoms with E-state index in [9.17, 15) is 32.4 Å². The van der Waals surface area contributed by atoms with Crippen LogP contribution in [0.3, 0.4) is 0 Å². The first-order valence-electron chi connectivity index (χ1n) is 7.34. The molecule has 9 nitrogen and oxygen atoms in total. The summed E-state index contributed by atoms with van der Waals surface area (Å²) in [7, 11) is -4.25. The van der Waals surface area contributed by atoms with Crippen molar-refractivity contribution in [1.82, 2.24) is 0 Å². The molecule has 0 aromatic heterocycles. The lowest BCUT2D eigenvalue weighted by Crippen LogP contribution is -2.11. The lowest BCUT2D eigenvalue weighted by molar-refractivity contribution is 0.0690. The molecule has 138 valence electrons. The molecule has 4 N–H and O–H groups in total. The first-order chi connectivity index (χ1) is 11.6. The number of carboxylic acid groups (broad SMARTS) is 2. The fourth-order valence-corrected chi connectivity index (χ4v) is 4.78. The van der Waals surface area contributed by atoms with Crippen LogP contribution in [0.15, 0.2) is 11.0 Å². The van der Waals surface area contributed by atoms with Crippen LogP contribution >= 0.6 is 0 Å². The summed E-state index contributed by atoms with van der Waals surface area (Å²) >= 11 is -1.90. The van der Waals surface area contributed by atoms with Crippen molar-refractivity contribution in [1.29, 1.82) is 0 Å². The van der Waals surface area contributed by atoms with Crippen molar-refractivity contribution < 1.29 is 37.0 Å². The molecule has 0 saturated heterocycles. The number of unbranched alkanes of at least 4 members (excludes halogenated alkanes) is 1. The first-order valence-corrected chi connectivity index (χ1v) is 10.1. The third-order valence-electron chi connectivity index (χ3n) is 4.00. The van der Waals surface area contributed by atoms with E-state index in [0.717, 1.165) is 0 Å². The molecule has 1 aromatic carbocycles. The van der Waals surface area contributed by atoms with Gasteiger partial charge in [0, 0.05) is 5.75 Å². The summed E-state index contributed by atoms with van der Waals surface area (Å²) in [6.45, 7) is 1.71. The molecule has 11 heteroatoms. The Balaban J connectivity index is 2.45. The van der Waals surface area contributed by atoms with E-state index in [1.807, 2.05) is 0 Å². The van der Waals surface area contributed by atoms with Crippen molar-refractivity contribution in [3.63, 3.8) is 0 Å². The largest absolute Gasteiger partial charge is 0.478 e. The van der Waals surface area contributed by atoms with Gasteiger partial charge in [-0.1, -0.05) is 13.3 Å². The number of anilines is 1. The Kier molecular flexibility index (Phi) is 5.49. The molecular weight excluding hydrogens is 374 g/mol. The van der Waals surface area contributed by atoms with Crippen LogP contribution in [0, 0.1) is 0 Å². The molecule has 0 fully saturated rings. The molecule has 0 spiro atoms. The van der Waals surface area contributed by atoms with E-state index >= 15 is 0 Å². The number of nitrogens with one attached hydrogen (secondary N) is 1. The van der Waals surface area contributed by atoms with Gasteiger partial charge in [-0.05, 0) is 30.4 Å². The minimum absolute atomic E-state index is 0.103. The highest BCUT2D eigenvalue weighted by molar-refractivity contribution is 7.93. The van der Waals surface area contributed by atoms with Gasteiger partial charge >= 0.3 is 11.9 Å². The second-order valence-electron chi connectivity index (χ2n) is 5.73. The summed E-state index contributed by atoms with van der Waals surface area (Å²) in [5.41, 5.74) is -0.960. The molecule has 25 heavy (non-hydrogen) atoms. The molecule has 1 aliphatic rings. The number of hydrogen-bond donors (Lipinski definition) is 4. The van der Waals surface area contributed by atoms with Gasteiger partial charge in [0.15, 0.2) is 11.1 Å². The zero-order chi connectivity index (χ0) is 18.9. The Hall–Kier alpha value is -1.98. The number of carbonyl (C=O) groups is 2. The fraction of sp³-hybridized carbons (Fsp3) is 0.429. The van der Waals surface area contributed by atoms with Crippen LogP contribution in [0.2, 0.25) is 0 Å². The molecule has 0 radical (unpaired) electrons. The average molecular weight is 391 g/mol. The first kappa shape index (κ1) is 19.3. The smallest absolute Gasteiger partial charge is 0.339 e. The van der Waals surface area contributed by atoms with Gasteiger partial charge in [0.1, 0.15) is 10.5 Å². The lowest BCUT2D eigenvalue weighted by atomic mass is 9.90. The van der Waals surface area contributed by atoms with Crippen molar-refractivity contribution in [2.75, 3.05) is 10.5 Å². The maximum absolute atomic E-state index is 12.1. The molecular formula is C14H17NO8S2. The predicted molar refractivity (Wildman–Crippen MR) is 89.1 cm³/mol. The number of fused-ring (bicyclic) bond motifs is 2. The zero-order valence-corrected chi connectivity index (χ0v) is 14.8. The second kappa shape index (κ2) is 7.10. The summed E-state index contributed by atoms with van der Waals surface area (Å²) < 4.78 is 45.8. The van der Waals surface area contributed by atoms with Gasteiger partial charge in [-0.25, -0.2) is 22.2 Å². The second-order valence-corrected chi connectivity index (χ2v) is 8.40. The van der Waals surface area contributed by atoms with Gasteiger partial charge in [0.25, 0.3) is 10.0 Å². The molecule has 0 saturated carbocycles. The SMILES string of the molecule is CC(CCCCS(=O)O)c1cc(C(=O)O)c2c(C(=O)O)c1NS2(=O)=O. The van der Waals surface area contributed by atoms with Crippen LogP contribution in [0.25, 0.3) is 0 Å². The van der Waals surface area contributed by atoms with Crippen molar-refractivity contribution in [3.05, 3.63) is 22.8 Å². The highest BCUT2D eigenvalue weighted by Gasteiger charge is 2.40. The summed E-state index contributed by atoms with van der Waals surface area (Å²) in [6.07, 6.45) is 1.49. The number of aromatic carboxylic acids is 2. The van der Waals surface area contributed by atoms with Gasteiger partial charge in [-0.3, -0.25) is 4.72 Å². The molecule has 2 atom stereocenters. The third-order valence-corrected chi connectivity index (χ3v) is 6.07. The number of rotatable bonds is 8. The molecule has 1 aliphatic heterocycles. The maximum Gasteiger partial charge on any atom is 0.339 e. The zero-order valence-electron chi connectivity index (χ0n) is 13.2. The average Bonchev–Trinajstić information content (AvgIpc) is 2.69. The number of sulfonamides is 1. The quantitative estimate of drug-likeness (QED) is 0.385. The summed E-state index contributed by atoms with van der Waals surface area (Å²) in [5, 5.41) is 18.6. The summed E-state index contributed by atoms with van der Waals surface area (Å²) in [4.78, 5) is 22.2. The van der Waals surface area contributed by atoms with Crippen LogP contribution in [-0.2, 0) is 21.1 Å².